The Morgan fingerprint density at radius 3 is 2.64 bits per heavy atom. The van der Waals surface area contributed by atoms with Crippen LogP contribution in [0.3, 0.4) is 0 Å². The Bertz CT molecular complexity index is 202. The molecular weight excluding hydrogens is 140 g/mol. The molecule has 0 amide bonds. The topological polar surface area (TPSA) is 37.3 Å². The number of carbonyl (C=O) groups is 1. The van der Waals surface area contributed by atoms with E-state index in [-0.39, 0.29) is 11.2 Å². The Labute approximate surface area is 66.9 Å². The van der Waals surface area contributed by atoms with Crippen molar-refractivity contribution in [1.82, 2.24) is 0 Å². The van der Waals surface area contributed by atoms with E-state index < -0.39 is 0 Å². The van der Waals surface area contributed by atoms with Crippen LogP contribution in [0.5, 0.6) is 0 Å². The van der Waals surface area contributed by atoms with Gasteiger partial charge >= 0.3 is 0 Å². The van der Waals surface area contributed by atoms with E-state index in [9.17, 15) is 4.79 Å². The van der Waals surface area contributed by atoms with Crippen LogP contribution in [0.2, 0.25) is 0 Å². The minimum atomic E-state index is 0.104. The first-order valence-corrected chi connectivity index (χ1v) is 3.92. The molecule has 62 valence electrons. The fourth-order valence-corrected chi connectivity index (χ4v) is 1.43. The number of rotatable bonds is 0. The fraction of sp³-hybridized carbons (Fsp3) is 0.667. The Morgan fingerprint density at radius 2 is 2.18 bits per heavy atom. The molecule has 0 aromatic heterocycles. The van der Waals surface area contributed by atoms with Crippen LogP contribution in [-0.4, -0.2) is 10.9 Å². The van der Waals surface area contributed by atoms with Crippen LogP contribution >= 0.6 is 0 Å². The van der Waals surface area contributed by atoms with Crippen molar-refractivity contribution in [1.29, 1.82) is 0 Å². The zero-order chi connectivity index (χ0) is 8.48. The molecule has 11 heavy (non-hydrogen) atoms. The summed E-state index contributed by atoms with van der Waals surface area (Å²) in [5.74, 6) is 0.104. The Kier molecular flexibility index (Phi) is 2.03. The molecule has 1 N–H and O–H groups in total. The van der Waals surface area contributed by atoms with Crippen molar-refractivity contribution in [2.75, 3.05) is 0 Å². The van der Waals surface area contributed by atoms with Gasteiger partial charge in [-0.15, -0.1) is 0 Å². The number of carbonyl (C=O) groups excluding carboxylic acids is 1. The molecule has 0 spiro atoms. The third-order valence-electron chi connectivity index (χ3n) is 2.21. The maximum atomic E-state index is 11.1. The van der Waals surface area contributed by atoms with Gasteiger partial charge in [-0.05, 0) is 18.3 Å². The standard InChI is InChI=1S/C9H14O2/c1-9(2)4-3-8(11)7(5-9)6-10/h6,10H,3-5H2,1-2H3/b7-6+. The third-order valence-corrected chi connectivity index (χ3v) is 2.21. The maximum absolute atomic E-state index is 11.1. The van der Waals surface area contributed by atoms with E-state index in [1.165, 1.54) is 0 Å². The van der Waals surface area contributed by atoms with Crippen LogP contribution in [0.25, 0.3) is 0 Å². The van der Waals surface area contributed by atoms with Gasteiger partial charge in [0.05, 0.1) is 6.26 Å². The summed E-state index contributed by atoms with van der Waals surface area (Å²) in [4.78, 5) is 11.1. The van der Waals surface area contributed by atoms with Gasteiger partial charge in [-0.1, -0.05) is 13.8 Å². The molecule has 0 heterocycles. The predicted molar refractivity (Wildman–Crippen MR) is 43.4 cm³/mol. The Morgan fingerprint density at radius 1 is 1.55 bits per heavy atom. The highest BCUT2D eigenvalue weighted by molar-refractivity contribution is 5.95. The maximum Gasteiger partial charge on any atom is 0.161 e. The summed E-state index contributed by atoms with van der Waals surface area (Å²) in [6, 6.07) is 0. The van der Waals surface area contributed by atoms with Gasteiger partial charge in [0.2, 0.25) is 0 Å². The predicted octanol–water partition coefficient (Wildman–Crippen LogP) is 2.21. The van der Waals surface area contributed by atoms with Gasteiger partial charge in [0.1, 0.15) is 0 Å². The van der Waals surface area contributed by atoms with Crippen molar-refractivity contribution in [3.63, 3.8) is 0 Å². The zero-order valence-electron chi connectivity index (χ0n) is 7.05. The molecular formula is C9H14O2. The lowest BCUT2D eigenvalue weighted by Gasteiger charge is -2.29. The molecule has 0 bridgehead atoms. The van der Waals surface area contributed by atoms with E-state index in [0.717, 1.165) is 12.7 Å². The molecule has 1 aliphatic carbocycles. The molecule has 1 saturated carbocycles. The minimum Gasteiger partial charge on any atom is -0.515 e. The molecule has 0 aromatic rings. The van der Waals surface area contributed by atoms with Crippen molar-refractivity contribution in [3.05, 3.63) is 11.8 Å². The average Bonchev–Trinajstić information content (AvgIpc) is 1.94. The van der Waals surface area contributed by atoms with Crippen LogP contribution in [-0.2, 0) is 4.79 Å². The average molecular weight is 154 g/mol. The molecule has 0 atom stereocenters. The smallest absolute Gasteiger partial charge is 0.161 e. The summed E-state index contributed by atoms with van der Waals surface area (Å²) in [6.07, 6.45) is 3.19. The monoisotopic (exact) mass is 154 g/mol. The van der Waals surface area contributed by atoms with Crippen molar-refractivity contribution in [3.8, 4) is 0 Å². The number of allylic oxidation sites excluding steroid dienone is 1. The van der Waals surface area contributed by atoms with Gasteiger partial charge in [0, 0.05) is 12.0 Å². The van der Waals surface area contributed by atoms with Crippen LogP contribution in [0.4, 0.5) is 0 Å². The van der Waals surface area contributed by atoms with Gasteiger partial charge in [-0.25, -0.2) is 0 Å². The lowest BCUT2D eigenvalue weighted by atomic mass is 9.75. The molecule has 0 aliphatic heterocycles. The SMILES string of the molecule is CC1(C)CCC(=O)/C(=C/O)C1. The number of hydrogen-bond acceptors (Lipinski definition) is 2. The largest absolute Gasteiger partial charge is 0.515 e. The van der Waals surface area contributed by atoms with E-state index in [2.05, 4.69) is 13.8 Å². The highest BCUT2D eigenvalue weighted by atomic mass is 16.2. The summed E-state index contributed by atoms with van der Waals surface area (Å²) >= 11 is 0. The van der Waals surface area contributed by atoms with Gasteiger partial charge in [-0.3, -0.25) is 4.79 Å². The first-order valence-electron chi connectivity index (χ1n) is 3.92. The van der Waals surface area contributed by atoms with Gasteiger partial charge in [0.25, 0.3) is 0 Å². The van der Waals surface area contributed by atoms with Gasteiger partial charge < -0.3 is 5.11 Å². The van der Waals surface area contributed by atoms with E-state index in [4.69, 9.17) is 5.11 Å². The Hall–Kier alpha value is -0.790. The van der Waals surface area contributed by atoms with E-state index >= 15 is 0 Å². The van der Waals surface area contributed by atoms with E-state index in [1.54, 1.807) is 0 Å². The summed E-state index contributed by atoms with van der Waals surface area (Å²) in [5, 5.41) is 8.71. The normalized spacial score (nSPS) is 27.5. The molecule has 0 unspecified atom stereocenters. The highest BCUT2D eigenvalue weighted by Gasteiger charge is 2.29. The molecule has 1 rings (SSSR count). The first kappa shape index (κ1) is 8.31. The summed E-state index contributed by atoms with van der Waals surface area (Å²) in [6.45, 7) is 4.23. The van der Waals surface area contributed by atoms with Crippen molar-refractivity contribution in [2.24, 2.45) is 5.41 Å². The second kappa shape index (κ2) is 2.68. The Balaban J connectivity index is 2.74. The molecule has 2 heteroatoms. The van der Waals surface area contributed by atoms with E-state index in [1.807, 2.05) is 0 Å². The number of ketones is 1. The number of hydrogen-bond donors (Lipinski definition) is 1. The zero-order valence-corrected chi connectivity index (χ0v) is 7.05. The quantitative estimate of drug-likeness (QED) is 0.429. The van der Waals surface area contributed by atoms with Crippen LogP contribution in [0.15, 0.2) is 11.8 Å². The lowest BCUT2D eigenvalue weighted by Crippen LogP contribution is -2.23. The fourth-order valence-electron chi connectivity index (χ4n) is 1.43. The van der Waals surface area contributed by atoms with Crippen LogP contribution in [0.1, 0.15) is 33.1 Å². The molecule has 1 aliphatic rings. The molecule has 0 saturated heterocycles. The summed E-state index contributed by atoms with van der Waals surface area (Å²) < 4.78 is 0. The molecule has 1 fully saturated rings. The first-order chi connectivity index (χ1) is 5.05. The van der Waals surface area contributed by atoms with Crippen LogP contribution < -0.4 is 0 Å². The second-order valence-electron chi connectivity index (χ2n) is 3.92. The third kappa shape index (κ3) is 1.82. The van der Waals surface area contributed by atoms with Crippen molar-refractivity contribution in [2.45, 2.75) is 33.1 Å². The second-order valence-corrected chi connectivity index (χ2v) is 3.92. The van der Waals surface area contributed by atoms with E-state index in [0.29, 0.717) is 18.4 Å². The number of aliphatic hydroxyl groups is 1. The van der Waals surface area contributed by atoms with Gasteiger partial charge in [-0.2, -0.15) is 0 Å². The van der Waals surface area contributed by atoms with Crippen molar-refractivity contribution >= 4 is 5.78 Å². The minimum absolute atomic E-state index is 0.104. The lowest BCUT2D eigenvalue weighted by molar-refractivity contribution is -0.117. The number of aliphatic hydroxyl groups excluding tert-OH is 1. The molecule has 2 nitrogen and oxygen atoms in total. The van der Waals surface area contributed by atoms with Crippen molar-refractivity contribution < 1.29 is 9.90 Å². The van der Waals surface area contributed by atoms with Gasteiger partial charge in [0.15, 0.2) is 5.78 Å². The molecule has 0 aromatic carbocycles. The highest BCUT2D eigenvalue weighted by Crippen LogP contribution is 2.35. The number of Topliss-reactive ketones (excluding diaryl/α,β-unsaturated/α-hetero) is 1. The summed E-state index contributed by atoms with van der Waals surface area (Å²) in [5.41, 5.74) is 0.768. The molecule has 0 radical (unpaired) electrons. The summed E-state index contributed by atoms with van der Waals surface area (Å²) in [7, 11) is 0. The van der Waals surface area contributed by atoms with Crippen LogP contribution in [0, 0.1) is 5.41 Å².